The third-order valence-electron chi connectivity index (χ3n) is 3.63. The number of benzene rings is 2. The summed E-state index contributed by atoms with van der Waals surface area (Å²) in [6, 6.07) is 17.9. The van der Waals surface area contributed by atoms with Gasteiger partial charge in [0.25, 0.3) is 0 Å². The molecule has 0 aliphatic rings. The fourth-order valence-electron chi connectivity index (χ4n) is 2.33. The van der Waals surface area contributed by atoms with Crippen molar-refractivity contribution in [2.45, 2.75) is 19.9 Å². The van der Waals surface area contributed by atoms with Gasteiger partial charge < -0.3 is 5.32 Å². The van der Waals surface area contributed by atoms with Gasteiger partial charge in [0.2, 0.25) is 5.91 Å². The van der Waals surface area contributed by atoms with Crippen molar-refractivity contribution in [1.29, 1.82) is 0 Å². The second-order valence-electron chi connectivity index (χ2n) is 5.57. The maximum atomic E-state index is 12.0. The largest absolute Gasteiger partial charge is 0.352 e. The lowest BCUT2D eigenvalue weighted by Crippen LogP contribution is -2.24. The highest BCUT2D eigenvalue weighted by molar-refractivity contribution is 5.78. The molecule has 1 N–H and O–H groups in total. The first kappa shape index (κ1) is 15.0. The molecule has 23 heavy (non-hydrogen) atoms. The van der Waals surface area contributed by atoms with Crippen molar-refractivity contribution in [2.24, 2.45) is 0 Å². The Hall–Kier alpha value is -2.88. The maximum absolute atomic E-state index is 12.0. The molecule has 0 atom stereocenters. The zero-order valence-corrected chi connectivity index (χ0v) is 13.1. The van der Waals surface area contributed by atoms with Crippen LogP contribution >= 0.6 is 0 Å². The summed E-state index contributed by atoms with van der Waals surface area (Å²) < 4.78 is 1.81. The predicted octanol–water partition coefficient (Wildman–Crippen LogP) is 3.04. The molecular weight excluding hydrogens is 286 g/mol. The summed E-state index contributed by atoms with van der Waals surface area (Å²) in [6.45, 7) is 2.52. The van der Waals surface area contributed by atoms with Crippen LogP contribution in [0.15, 0.2) is 67.0 Å². The van der Waals surface area contributed by atoms with Gasteiger partial charge in [0, 0.05) is 18.3 Å². The molecule has 0 saturated heterocycles. The first-order valence-electron chi connectivity index (χ1n) is 7.62. The van der Waals surface area contributed by atoms with Crippen molar-refractivity contribution in [3.63, 3.8) is 0 Å². The van der Waals surface area contributed by atoms with Gasteiger partial charge in [-0.3, -0.25) is 4.79 Å². The number of hydrogen-bond donors (Lipinski definition) is 1. The first-order valence-corrected chi connectivity index (χ1v) is 7.62. The van der Waals surface area contributed by atoms with E-state index in [4.69, 9.17) is 0 Å². The van der Waals surface area contributed by atoms with Gasteiger partial charge in [0.15, 0.2) is 0 Å². The van der Waals surface area contributed by atoms with Gasteiger partial charge in [-0.2, -0.15) is 5.10 Å². The van der Waals surface area contributed by atoms with Gasteiger partial charge >= 0.3 is 0 Å². The minimum Gasteiger partial charge on any atom is -0.352 e. The number of nitrogens with one attached hydrogen (secondary N) is 1. The van der Waals surface area contributed by atoms with Crippen LogP contribution in [0.4, 0.5) is 0 Å². The Morgan fingerprint density at radius 2 is 1.78 bits per heavy atom. The monoisotopic (exact) mass is 305 g/mol. The van der Waals surface area contributed by atoms with Crippen LogP contribution in [-0.2, 0) is 17.8 Å². The van der Waals surface area contributed by atoms with Crippen LogP contribution < -0.4 is 5.32 Å². The molecule has 0 fully saturated rings. The summed E-state index contributed by atoms with van der Waals surface area (Å²) in [5.41, 5.74) is 4.20. The summed E-state index contributed by atoms with van der Waals surface area (Å²) in [5, 5.41) is 7.26. The van der Waals surface area contributed by atoms with Gasteiger partial charge in [0.05, 0.1) is 18.3 Å². The van der Waals surface area contributed by atoms with Crippen LogP contribution in [0.3, 0.4) is 0 Å². The average Bonchev–Trinajstić information content (AvgIpc) is 3.05. The molecule has 0 aliphatic carbocycles. The minimum atomic E-state index is 0.0151. The fourth-order valence-corrected chi connectivity index (χ4v) is 2.33. The molecule has 0 saturated carbocycles. The van der Waals surface area contributed by atoms with E-state index in [1.165, 1.54) is 5.56 Å². The predicted molar refractivity (Wildman–Crippen MR) is 90.3 cm³/mol. The van der Waals surface area contributed by atoms with E-state index >= 15 is 0 Å². The molecule has 4 heteroatoms. The molecule has 3 aromatic rings. The van der Waals surface area contributed by atoms with Gasteiger partial charge in [-0.25, -0.2) is 4.68 Å². The van der Waals surface area contributed by atoms with Crippen molar-refractivity contribution in [3.8, 4) is 5.69 Å². The van der Waals surface area contributed by atoms with Crippen molar-refractivity contribution in [1.82, 2.24) is 15.1 Å². The van der Waals surface area contributed by atoms with Gasteiger partial charge in [-0.1, -0.05) is 48.0 Å². The summed E-state index contributed by atoms with van der Waals surface area (Å²) in [7, 11) is 0. The Labute approximate surface area is 135 Å². The standard InChI is InChI=1S/C19H19N3O/c1-15-7-9-16(10-8-15)11-19(23)20-12-17-13-21-22(14-17)18-5-3-2-4-6-18/h2-10,13-14H,11-12H2,1H3,(H,20,23). The van der Waals surface area contributed by atoms with Crippen molar-refractivity contribution < 1.29 is 4.79 Å². The van der Waals surface area contributed by atoms with Crippen LogP contribution in [0.25, 0.3) is 5.69 Å². The van der Waals surface area contributed by atoms with E-state index in [2.05, 4.69) is 10.4 Å². The molecule has 1 amide bonds. The Morgan fingerprint density at radius 1 is 1.04 bits per heavy atom. The lowest BCUT2D eigenvalue weighted by atomic mass is 10.1. The molecule has 116 valence electrons. The molecule has 0 aliphatic heterocycles. The van der Waals surface area contributed by atoms with Crippen LogP contribution in [0.2, 0.25) is 0 Å². The number of carbonyl (C=O) groups excluding carboxylic acids is 1. The molecule has 1 heterocycles. The van der Waals surface area contributed by atoms with Crippen LogP contribution in [0.5, 0.6) is 0 Å². The highest BCUT2D eigenvalue weighted by Crippen LogP contribution is 2.08. The quantitative estimate of drug-likeness (QED) is 0.787. The fraction of sp³-hybridized carbons (Fsp3) is 0.158. The van der Waals surface area contributed by atoms with Gasteiger partial charge in [0.1, 0.15) is 0 Å². The molecule has 3 rings (SSSR count). The first-order chi connectivity index (χ1) is 11.2. The molecule has 4 nitrogen and oxygen atoms in total. The van der Waals surface area contributed by atoms with Gasteiger partial charge in [-0.05, 0) is 24.6 Å². The third-order valence-corrected chi connectivity index (χ3v) is 3.63. The molecule has 0 radical (unpaired) electrons. The second-order valence-corrected chi connectivity index (χ2v) is 5.57. The van der Waals surface area contributed by atoms with Crippen molar-refractivity contribution in [2.75, 3.05) is 0 Å². The number of rotatable bonds is 5. The van der Waals surface area contributed by atoms with E-state index in [9.17, 15) is 4.79 Å². The number of nitrogens with zero attached hydrogens (tertiary/aromatic N) is 2. The molecule has 1 aromatic heterocycles. The SMILES string of the molecule is Cc1ccc(CC(=O)NCc2cnn(-c3ccccc3)c2)cc1. The van der Waals surface area contributed by atoms with Crippen LogP contribution in [-0.4, -0.2) is 15.7 Å². The Balaban J connectivity index is 1.55. The van der Waals surface area contributed by atoms with Gasteiger partial charge in [-0.15, -0.1) is 0 Å². The lowest BCUT2D eigenvalue weighted by Gasteiger charge is -2.04. The normalized spacial score (nSPS) is 10.5. The van der Waals surface area contributed by atoms with Crippen LogP contribution in [0, 0.1) is 6.92 Å². The molecule has 0 unspecified atom stereocenters. The number of hydrogen-bond acceptors (Lipinski definition) is 2. The zero-order chi connectivity index (χ0) is 16.1. The summed E-state index contributed by atoms with van der Waals surface area (Å²) in [6.07, 6.45) is 4.10. The average molecular weight is 305 g/mol. The topological polar surface area (TPSA) is 46.9 Å². The summed E-state index contributed by atoms with van der Waals surface area (Å²) in [5.74, 6) is 0.0151. The zero-order valence-electron chi connectivity index (χ0n) is 13.1. The Morgan fingerprint density at radius 3 is 2.52 bits per heavy atom. The lowest BCUT2D eigenvalue weighted by molar-refractivity contribution is -0.120. The highest BCUT2D eigenvalue weighted by Gasteiger charge is 2.05. The van der Waals surface area contributed by atoms with E-state index in [0.29, 0.717) is 13.0 Å². The number of amides is 1. The second kappa shape index (κ2) is 6.92. The van der Waals surface area contributed by atoms with E-state index < -0.39 is 0 Å². The highest BCUT2D eigenvalue weighted by atomic mass is 16.1. The Kier molecular flexibility index (Phi) is 4.52. The van der Waals surface area contributed by atoms with Crippen molar-refractivity contribution >= 4 is 5.91 Å². The molecule has 2 aromatic carbocycles. The third kappa shape index (κ3) is 4.07. The smallest absolute Gasteiger partial charge is 0.224 e. The number of carbonyl (C=O) groups is 1. The molecular formula is C19H19N3O. The summed E-state index contributed by atoms with van der Waals surface area (Å²) in [4.78, 5) is 12.0. The number of aromatic nitrogens is 2. The van der Waals surface area contributed by atoms with E-state index in [1.54, 1.807) is 6.20 Å². The van der Waals surface area contributed by atoms with E-state index in [0.717, 1.165) is 16.8 Å². The maximum Gasteiger partial charge on any atom is 0.224 e. The van der Waals surface area contributed by atoms with E-state index in [1.807, 2.05) is 72.4 Å². The van der Waals surface area contributed by atoms with Crippen molar-refractivity contribution in [3.05, 3.63) is 83.7 Å². The molecule has 0 bridgehead atoms. The Bertz CT molecular complexity index is 776. The van der Waals surface area contributed by atoms with E-state index in [-0.39, 0.29) is 5.91 Å². The molecule has 0 spiro atoms. The number of aryl methyl sites for hydroxylation is 1. The van der Waals surface area contributed by atoms with Crippen LogP contribution in [0.1, 0.15) is 16.7 Å². The minimum absolute atomic E-state index is 0.0151. The number of para-hydroxylation sites is 1. The summed E-state index contributed by atoms with van der Waals surface area (Å²) >= 11 is 0.